The van der Waals surface area contributed by atoms with Crippen LogP contribution in [0.25, 0.3) is 0 Å². The quantitative estimate of drug-likeness (QED) is 0.674. The molecule has 1 aromatic rings. The second kappa shape index (κ2) is 8.82. The lowest BCUT2D eigenvalue weighted by Crippen LogP contribution is -2.50. The molecule has 2 atom stereocenters. The van der Waals surface area contributed by atoms with Crippen molar-refractivity contribution < 1.29 is 28.6 Å². The lowest BCUT2D eigenvalue weighted by atomic mass is 9.89. The van der Waals surface area contributed by atoms with Crippen molar-refractivity contribution in [2.75, 3.05) is 14.2 Å². The first-order valence-electron chi connectivity index (χ1n) is 9.01. The van der Waals surface area contributed by atoms with E-state index in [1.807, 2.05) is 51.1 Å². The normalized spacial score (nSPS) is 23.2. The summed E-state index contributed by atoms with van der Waals surface area (Å²) in [7, 11) is 2.66. The maximum Gasteiger partial charge on any atom is 0.328 e. The fourth-order valence-corrected chi connectivity index (χ4v) is 3.17. The van der Waals surface area contributed by atoms with Gasteiger partial charge < -0.3 is 14.2 Å². The van der Waals surface area contributed by atoms with Crippen LogP contribution in [0.2, 0.25) is 0 Å². The summed E-state index contributed by atoms with van der Waals surface area (Å²) in [4.78, 5) is 30.5. The average molecular weight is 379 g/mol. The maximum absolute atomic E-state index is 12.8. The van der Waals surface area contributed by atoms with Gasteiger partial charge in [0.2, 0.25) is 0 Å². The highest BCUT2D eigenvalue weighted by Crippen LogP contribution is 2.39. The van der Waals surface area contributed by atoms with Crippen LogP contribution in [0.4, 0.5) is 0 Å². The first-order valence-corrected chi connectivity index (χ1v) is 9.01. The molecule has 0 aromatic heterocycles. The Morgan fingerprint density at radius 2 is 1.85 bits per heavy atom. The topological polar surface area (TPSA) is 74.3 Å². The summed E-state index contributed by atoms with van der Waals surface area (Å²) in [6, 6.07) is 9.66. The van der Waals surface area contributed by atoms with Gasteiger partial charge in [0.25, 0.3) is 0 Å². The molecular formula is C20H29NO6. The molecule has 27 heavy (non-hydrogen) atoms. The van der Waals surface area contributed by atoms with Crippen LogP contribution in [0.5, 0.6) is 0 Å². The number of carbonyl (C=O) groups excluding carboxylic acids is 2. The number of hydroxylamine groups is 2. The number of hydrogen-bond donors (Lipinski definition) is 0. The lowest BCUT2D eigenvalue weighted by molar-refractivity contribution is -0.277. The first kappa shape index (κ1) is 21.3. The summed E-state index contributed by atoms with van der Waals surface area (Å²) >= 11 is 0. The number of ether oxygens (including phenoxy) is 3. The minimum absolute atomic E-state index is 0.0719. The Bertz CT molecular complexity index is 642. The summed E-state index contributed by atoms with van der Waals surface area (Å²) in [5.41, 5.74) is -0.605. The molecule has 1 heterocycles. The van der Waals surface area contributed by atoms with E-state index in [4.69, 9.17) is 19.0 Å². The van der Waals surface area contributed by atoms with E-state index in [1.165, 1.54) is 14.2 Å². The summed E-state index contributed by atoms with van der Waals surface area (Å²) in [6.07, 6.45) is -0.0719. The van der Waals surface area contributed by atoms with Gasteiger partial charge in [-0.25, -0.2) is 4.79 Å². The second-order valence-corrected chi connectivity index (χ2v) is 7.59. The van der Waals surface area contributed by atoms with E-state index in [0.29, 0.717) is 6.54 Å². The van der Waals surface area contributed by atoms with Gasteiger partial charge in [-0.3, -0.25) is 9.63 Å². The van der Waals surface area contributed by atoms with Crippen molar-refractivity contribution in [3.63, 3.8) is 0 Å². The highest BCUT2D eigenvalue weighted by atomic mass is 16.8. The van der Waals surface area contributed by atoms with Crippen LogP contribution in [-0.4, -0.2) is 48.7 Å². The van der Waals surface area contributed by atoms with Gasteiger partial charge in [0.15, 0.2) is 6.29 Å². The molecule has 0 radical (unpaired) electrons. The molecule has 1 aliphatic rings. The molecule has 1 fully saturated rings. The molecule has 0 N–H and O–H groups in total. The first-order chi connectivity index (χ1) is 12.7. The third kappa shape index (κ3) is 5.51. The molecule has 0 bridgehead atoms. The number of esters is 2. The molecule has 0 amide bonds. The summed E-state index contributed by atoms with van der Waals surface area (Å²) < 4.78 is 15.8. The van der Waals surface area contributed by atoms with E-state index < -0.39 is 29.4 Å². The van der Waals surface area contributed by atoms with Gasteiger partial charge in [-0.15, -0.1) is 0 Å². The molecule has 0 spiro atoms. The van der Waals surface area contributed by atoms with Crippen molar-refractivity contribution in [1.82, 2.24) is 5.06 Å². The van der Waals surface area contributed by atoms with E-state index in [0.717, 1.165) is 5.56 Å². The van der Waals surface area contributed by atoms with Crippen molar-refractivity contribution >= 4 is 11.9 Å². The number of nitrogens with zero attached hydrogens (tertiary/aromatic N) is 1. The minimum atomic E-state index is -1.13. The van der Waals surface area contributed by atoms with Crippen molar-refractivity contribution in [1.29, 1.82) is 0 Å². The number of methoxy groups -OCH3 is 2. The molecule has 0 aliphatic carbocycles. The predicted octanol–water partition coefficient (Wildman–Crippen LogP) is 2.83. The third-order valence-corrected chi connectivity index (χ3v) is 4.42. The Kier molecular flexibility index (Phi) is 6.97. The summed E-state index contributed by atoms with van der Waals surface area (Å²) in [5.74, 6) is -0.847. The smallest absolute Gasteiger partial charge is 0.328 e. The van der Waals surface area contributed by atoms with Gasteiger partial charge in [0.05, 0.1) is 26.4 Å². The second-order valence-electron chi connectivity index (χ2n) is 7.59. The Labute approximate surface area is 160 Å². The Morgan fingerprint density at radius 3 is 2.41 bits per heavy atom. The van der Waals surface area contributed by atoms with Crippen LogP contribution in [0.15, 0.2) is 30.3 Å². The van der Waals surface area contributed by atoms with Crippen LogP contribution < -0.4 is 0 Å². The molecular weight excluding hydrogens is 350 g/mol. The van der Waals surface area contributed by atoms with E-state index >= 15 is 0 Å². The third-order valence-electron chi connectivity index (χ3n) is 4.42. The predicted molar refractivity (Wildman–Crippen MR) is 98.3 cm³/mol. The summed E-state index contributed by atoms with van der Waals surface area (Å²) in [5, 5.41) is 1.59. The molecule has 0 unspecified atom stereocenters. The van der Waals surface area contributed by atoms with Gasteiger partial charge in [-0.1, -0.05) is 30.3 Å². The van der Waals surface area contributed by atoms with Gasteiger partial charge in [-0.05, 0) is 32.8 Å². The molecule has 1 saturated heterocycles. The average Bonchev–Trinajstić information content (AvgIpc) is 2.95. The number of carbonyl (C=O) groups is 2. The van der Waals surface area contributed by atoms with Crippen molar-refractivity contribution in [2.45, 2.75) is 64.0 Å². The molecule has 1 aromatic carbocycles. The zero-order chi connectivity index (χ0) is 20.1. The number of benzene rings is 1. The highest BCUT2D eigenvalue weighted by molar-refractivity contribution is 5.82. The monoisotopic (exact) mass is 379 g/mol. The Morgan fingerprint density at radius 1 is 1.19 bits per heavy atom. The van der Waals surface area contributed by atoms with E-state index in [2.05, 4.69) is 0 Å². The van der Waals surface area contributed by atoms with Crippen molar-refractivity contribution in [3.8, 4) is 0 Å². The number of rotatable bonds is 7. The van der Waals surface area contributed by atoms with Crippen LogP contribution in [0.3, 0.4) is 0 Å². The number of hydrogen-bond acceptors (Lipinski definition) is 7. The van der Waals surface area contributed by atoms with Gasteiger partial charge in [-0.2, -0.15) is 5.06 Å². The lowest BCUT2D eigenvalue weighted by Gasteiger charge is -2.33. The fourth-order valence-electron chi connectivity index (χ4n) is 3.17. The fraction of sp³-hybridized carbons (Fsp3) is 0.600. The molecule has 7 nitrogen and oxygen atoms in total. The van der Waals surface area contributed by atoms with E-state index in [-0.39, 0.29) is 19.3 Å². The molecule has 2 rings (SSSR count). The zero-order valence-corrected chi connectivity index (χ0v) is 16.7. The van der Waals surface area contributed by atoms with Crippen LogP contribution >= 0.6 is 0 Å². The molecule has 7 heteroatoms. The molecule has 150 valence electrons. The van der Waals surface area contributed by atoms with Crippen LogP contribution in [-0.2, 0) is 35.2 Å². The van der Waals surface area contributed by atoms with Crippen LogP contribution in [0, 0.1) is 0 Å². The largest absolute Gasteiger partial charge is 0.469 e. The highest BCUT2D eigenvalue weighted by Gasteiger charge is 2.54. The zero-order valence-electron chi connectivity index (χ0n) is 16.7. The Balaban J connectivity index is 2.32. The van der Waals surface area contributed by atoms with Crippen molar-refractivity contribution in [3.05, 3.63) is 35.9 Å². The van der Waals surface area contributed by atoms with E-state index in [1.54, 1.807) is 5.06 Å². The SMILES string of the molecule is COC(=O)CC[C@@]1(C(=O)OC)C[C@@H](OC(C)(C)C)ON1Cc1ccccc1. The van der Waals surface area contributed by atoms with Gasteiger partial charge in [0.1, 0.15) is 5.54 Å². The molecule has 1 aliphatic heterocycles. The van der Waals surface area contributed by atoms with Gasteiger partial charge >= 0.3 is 11.9 Å². The van der Waals surface area contributed by atoms with E-state index in [9.17, 15) is 9.59 Å². The van der Waals surface area contributed by atoms with Crippen LogP contribution in [0.1, 0.15) is 45.6 Å². The van der Waals surface area contributed by atoms with Crippen molar-refractivity contribution in [2.24, 2.45) is 0 Å². The van der Waals surface area contributed by atoms with Gasteiger partial charge in [0, 0.05) is 12.8 Å². The maximum atomic E-state index is 12.8. The summed E-state index contributed by atoms with van der Waals surface area (Å²) in [6.45, 7) is 6.13. The minimum Gasteiger partial charge on any atom is -0.469 e. The standard InChI is InChI=1S/C20H29NO6/c1-19(2,3)26-17-13-20(18(23)25-5,12-11-16(22)24-4)21(27-17)14-15-9-7-6-8-10-15/h6-10,17H,11-14H2,1-5H3/t17-,20-/m0/s1. The molecule has 0 saturated carbocycles. The Hall–Kier alpha value is -1.96.